The van der Waals surface area contributed by atoms with Crippen molar-refractivity contribution < 1.29 is 0 Å². The number of hydrogen-bond acceptors (Lipinski definition) is 2. The van der Waals surface area contributed by atoms with Crippen LogP contribution in [0.25, 0.3) is 0 Å². The molecule has 1 aliphatic carbocycles. The topological polar surface area (TPSA) is 0 Å². The van der Waals surface area contributed by atoms with Gasteiger partial charge in [0.05, 0.1) is 0 Å². The molecule has 1 rings (SSSR count). The molecule has 0 bridgehead atoms. The molecule has 0 heterocycles. The number of rotatable bonds is 4. The third kappa shape index (κ3) is 3.21. The fourth-order valence-electron chi connectivity index (χ4n) is 2.01. The standard InChI is InChI=1S/C10H20S2/c1-3-12-10-7-5-4-6-9(10)8-11-2/h9-10H,3-8H2,1-2H3. The van der Waals surface area contributed by atoms with Gasteiger partial charge in [-0.3, -0.25) is 0 Å². The highest BCUT2D eigenvalue weighted by atomic mass is 32.2. The Morgan fingerprint density at radius 1 is 1.25 bits per heavy atom. The Kier molecular flexibility index (Phi) is 5.57. The van der Waals surface area contributed by atoms with Crippen LogP contribution in [0.5, 0.6) is 0 Å². The third-order valence-electron chi connectivity index (χ3n) is 2.60. The average Bonchev–Trinajstić information content (AvgIpc) is 2.09. The highest BCUT2D eigenvalue weighted by Gasteiger charge is 2.23. The smallest absolute Gasteiger partial charge is 0.00830 e. The quantitative estimate of drug-likeness (QED) is 0.685. The summed E-state index contributed by atoms with van der Waals surface area (Å²) in [5.41, 5.74) is 0. The zero-order valence-electron chi connectivity index (χ0n) is 8.21. The van der Waals surface area contributed by atoms with Crippen molar-refractivity contribution >= 4 is 23.5 Å². The average molecular weight is 204 g/mol. The molecule has 0 nitrogen and oxygen atoms in total. The van der Waals surface area contributed by atoms with Crippen LogP contribution in [0.3, 0.4) is 0 Å². The SMILES string of the molecule is CCSC1CCCCC1CSC. The molecular weight excluding hydrogens is 184 g/mol. The zero-order valence-corrected chi connectivity index (χ0v) is 9.85. The fourth-order valence-corrected chi connectivity index (χ4v) is 4.23. The molecule has 0 spiro atoms. The van der Waals surface area contributed by atoms with Crippen molar-refractivity contribution in [1.82, 2.24) is 0 Å². The molecule has 2 heteroatoms. The monoisotopic (exact) mass is 204 g/mol. The van der Waals surface area contributed by atoms with E-state index in [1.807, 2.05) is 11.8 Å². The van der Waals surface area contributed by atoms with Gasteiger partial charge in [0, 0.05) is 5.25 Å². The molecule has 0 radical (unpaired) electrons. The lowest BCUT2D eigenvalue weighted by Crippen LogP contribution is -2.24. The van der Waals surface area contributed by atoms with Crippen LogP contribution in [0.2, 0.25) is 0 Å². The van der Waals surface area contributed by atoms with Crippen molar-refractivity contribution in [3.63, 3.8) is 0 Å². The van der Waals surface area contributed by atoms with Gasteiger partial charge in [0.1, 0.15) is 0 Å². The summed E-state index contributed by atoms with van der Waals surface area (Å²) in [4.78, 5) is 0. The van der Waals surface area contributed by atoms with Gasteiger partial charge in [0.15, 0.2) is 0 Å². The van der Waals surface area contributed by atoms with Crippen LogP contribution in [-0.2, 0) is 0 Å². The van der Waals surface area contributed by atoms with Crippen LogP contribution in [-0.4, -0.2) is 23.0 Å². The maximum Gasteiger partial charge on any atom is 0.00830 e. The van der Waals surface area contributed by atoms with Gasteiger partial charge < -0.3 is 0 Å². The first-order valence-corrected chi connectivity index (χ1v) is 7.43. The van der Waals surface area contributed by atoms with Gasteiger partial charge in [-0.1, -0.05) is 19.8 Å². The summed E-state index contributed by atoms with van der Waals surface area (Å²) >= 11 is 4.21. The Hall–Kier alpha value is 0.700. The Bertz CT molecular complexity index is 96.4. The maximum absolute atomic E-state index is 2.29. The number of hydrogen-bond donors (Lipinski definition) is 0. The lowest BCUT2D eigenvalue weighted by Gasteiger charge is -2.30. The van der Waals surface area contributed by atoms with Crippen molar-refractivity contribution in [3.8, 4) is 0 Å². The molecule has 0 aromatic carbocycles. The first-order chi connectivity index (χ1) is 5.88. The van der Waals surface area contributed by atoms with Crippen LogP contribution in [0, 0.1) is 5.92 Å². The zero-order chi connectivity index (χ0) is 8.81. The van der Waals surface area contributed by atoms with Gasteiger partial charge in [-0.05, 0) is 36.5 Å². The van der Waals surface area contributed by atoms with Gasteiger partial charge in [0.2, 0.25) is 0 Å². The fraction of sp³-hybridized carbons (Fsp3) is 1.00. The second-order valence-electron chi connectivity index (χ2n) is 3.49. The van der Waals surface area contributed by atoms with E-state index >= 15 is 0 Å². The van der Waals surface area contributed by atoms with E-state index in [0.717, 1.165) is 11.2 Å². The van der Waals surface area contributed by atoms with Crippen LogP contribution < -0.4 is 0 Å². The molecule has 2 unspecified atom stereocenters. The van der Waals surface area contributed by atoms with E-state index in [1.54, 1.807) is 0 Å². The Balaban J connectivity index is 2.31. The molecule has 2 atom stereocenters. The van der Waals surface area contributed by atoms with Crippen LogP contribution >= 0.6 is 23.5 Å². The predicted octanol–water partition coefficient (Wildman–Crippen LogP) is 3.66. The van der Waals surface area contributed by atoms with Crippen molar-refractivity contribution in [3.05, 3.63) is 0 Å². The molecule has 0 saturated heterocycles. The summed E-state index contributed by atoms with van der Waals surface area (Å²) in [6.07, 6.45) is 8.15. The van der Waals surface area contributed by atoms with Crippen molar-refractivity contribution in [1.29, 1.82) is 0 Å². The molecule has 1 aliphatic rings. The summed E-state index contributed by atoms with van der Waals surface area (Å²) in [5, 5.41) is 0.983. The minimum Gasteiger partial charge on any atom is -0.165 e. The Labute approximate surface area is 85.3 Å². The minimum absolute atomic E-state index is 0.983. The van der Waals surface area contributed by atoms with Crippen LogP contribution in [0.15, 0.2) is 0 Å². The largest absolute Gasteiger partial charge is 0.165 e. The van der Waals surface area contributed by atoms with Gasteiger partial charge in [0.25, 0.3) is 0 Å². The first-order valence-electron chi connectivity index (χ1n) is 4.99. The van der Waals surface area contributed by atoms with E-state index in [9.17, 15) is 0 Å². The van der Waals surface area contributed by atoms with E-state index in [-0.39, 0.29) is 0 Å². The summed E-state index contributed by atoms with van der Waals surface area (Å²) in [7, 11) is 0. The lowest BCUT2D eigenvalue weighted by molar-refractivity contribution is 0.403. The summed E-state index contributed by atoms with van der Waals surface area (Å²) < 4.78 is 0. The second kappa shape index (κ2) is 6.20. The molecular formula is C10H20S2. The molecule has 1 saturated carbocycles. The highest BCUT2D eigenvalue weighted by Crippen LogP contribution is 2.34. The van der Waals surface area contributed by atoms with Crippen LogP contribution in [0.4, 0.5) is 0 Å². The molecule has 0 aliphatic heterocycles. The molecule has 12 heavy (non-hydrogen) atoms. The highest BCUT2D eigenvalue weighted by molar-refractivity contribution is 8.00. The normalized spacial score (nSPS) is 30.5. The van der Waals surface area contributed by atoms with E-state index in [4.69, 9.17) is 0 Å². The van der Waals surface area contributed by atoms with Gasteiger partial charge >= 0.3 is 0 Å². The number of thioether (sulfide) groups is 2. The van der Waals surface area contributed by atoms with Gasteiger partial charge in [-0.15, -0.1) is 0 Å². The van der Waals surface area contributed by atoms with E-state index < -0.39 is 0 Å². The minimum atomic E-state index is 0.983. The molecule has 0 amide bonds. The van der Waals surface area contributed by atoms with Crippen molar-refractivity contribution in [2.24, 2.45) is 5.92 Å². The Morgan fingerprint density at radius 3 is 2.67 bits per heavy atom. The van der Waals surface area contributed by atoms with Crippen LogP contribution in [0.1, 0.15) is 32.6 Å². The van der Waals surface area contributed by atoms with E-state index in [1.165, 1.54) is 37.2 Å². The maximum atomic E-state index is 2.29. The lowest BCUT2D eigenvalue weighted by atomic mass is 9.90. The summed E-state index contributed by atoms with van der Waals surface area (Å²) in [6.45, 7) is 2.29. The molecule has 0 N–H and O–H groups in total. The first kappa shape index (κ1) is 10.8. The molecule has 1 fully saturated rings. The van der Waals surface area contributed by atoms with Crippen molar-refractivity contribution in [2.75, 3.05) is 17.8 Å². The van der Waals surface area contributed by atoms with Crippen molar-refractivity contribution in [2.45, 2.75) is 37.9 Å². The van der Waals surface area contributed by atoms with Gasteiger partial charge in [-0.2, -0.15) is 23.5 Å². The second-order valence-corrected chi connectivity index (χ2v) is 5.92. The molecule has 0 aromatic rings. The third-order valence-corrected chi connectivity index (χ3v) is 4.74. The Morgan fingerprint density at radius 2 is 2.00 bits per heavy atom. The van der Waals surface area contributed by atoms with E-state index in [2.05, 4.69) is 24.9 Å². The summed E-state index contributed by atoms with van der Waals surface area (Å²) in [5.74, 6) is 3.70. The van der Waals surface area contributed by atoms with Gasteiger partial charge in [-0.25, -0.2) is 0 Å². The predicted molar refractivity (Wildman–Crippen MR) is 62.3 cm³/mol. The molecule has 0 aromatic heterocycles. The van der Waals surface area contributed by atoms with E-state index in [0.29, 0.717) is 0 Å². The summed E-state index contributed by atoms with van der Waals surface area (Å²) in [6, 6.07) is 0. The molecule has 72 valence electrons.